The molecule has 16 heavy (non-hydrogen) atoms. The van der Waals surface area contributed by atoms with E-state index in [1.54, 1.807) is 0 Å². The Hall–Kier alpha value is -1.44. The number of hydrogen-bond acceptors (Lipinski definition) is 2. The summed E-state index contributed by atoms with van der Waals surface area (Å²) >= 11 is 0. The Morgan fingerprint density at radius 1 is 1.06 bits per heavy atom. The third kappa shape index (κ3) is 2.78. The van der Waals surface area contributed by atoms with Gasteiger partial charge < -0.3 is 10.6 Å². The van der Waals surface area contributed by atoms with Crippen molar-refractivity contribution in [1.82, 2.24) is 5.32 Å². The molecule has 0 radical (unpaired) electrons. The minimum Gasteiger partial charge on any atom is -0.387 e. The summed E-state index contributed by atoms with van der Waals surface area (Å²) in [6.07, 6.45) is 6.62. The summed E-state index contributed by atoms with van der Waals surface area (Å²) in [5.41, 5.74) is 5.14. The third-order valence-corrected chi connectivity index (χ3v) is 2.90. The van der Waals surface area contributed by atoms with Gasteiger partial charge in [-0.2, -0.15) is 0 Å². The molecule has 1 fully saturated rings. The van der Waals surface area contributed by atoms with Crippen LogP contribution in [0.5, 0.6) is 0 Å². The molecule has 2 rings (SSSR count). The van der Waals surface area contributed by atoms with Gasteiger partial charge in [-0.15, -0.1) is 0 Å². The summed E-state index contributed by atoms with van der Waals surface area (Å²) in [5, 5.41) is 6.68. The molecule has 1 aromatic carbocycles. The molecule has 1 aliphatic rings. The maximum absolute atomic E-state index is 3.35. The highest BCUT2D eigenvalue weighted by Gasteiger charge is 2.18. The van der Waals surface area contributed by atoms with E-state index >= 15 is 0 Å². The lowest BCUT2D eigenvalue weighted by atomic mass is 10.1. The highest BCUT2D eigenvalue weighted by molar-refractivity contribution is 5.59. The molecule has 0 atom stereocenters. The van der Waals surface area contributed by atoms with E-state index in [0.29, 0.717) is 0 Å². The molecule has 1 saturated carbocycles. The fraction of sp³-hybridized carbons (Fsp3) is 0.429. The smallest absolute Gasteiger partial charge is 0.0439 e. The summed E-state index contributed by atoms with van der Waals surface area (Å²) in [4.78, 5) is 0. The van der Waals surface area contributed by atoms with Crippen molar-refractivity contribution in [1.29, 1.82) is 0 Å². The molecule has 0 bridgehead atoms. The number of rotatable bonds is 4. The molecule has 0 spiro atoms. The summed E-state index contributed by atoms with van der Waals surface area (Å²) < 4.78 is 0. The average Bonchev–Trinajstić information content (AvgIpc) is 2.98. The summed E-state index contributed by atoms with van der Waals surface area (Å²) in [6.45, 7) is 6.42. The van der Waals surface area contributed by atoms with Gasteiger partial charge in [0.05, 0.1) is 0 Å². The molecule has 0 unspecified atom stereocenters. The molecule has 1 aliphatic carbocycles. The maximum atomic E-state index is 3.35. The molecule has 0 aromatic heterocycles. The Morgan fingerprint density at radius 3 is 2.25 bits per heavy atom. The molecule has 0 saturated heterocycles. The number of anilines is 1. The van der Waals surface area contributed by atoms with E-state index in [2.05, 4.69) is 43.5 Å². The first-order valence-electron chi connectivity index (χ1n) is 5.92. The van der Waals surface area contributed by atoms with Crippen LogP contribution < -0.4 is 10.6 Å². The number of nitrogens with one attached hydrogen (secondary N) is 2. The van der Waals surface area contributed by atoms with Gasteiger partial charge >= 0.3 is 0 Å². The van der Waals surface area contributed by atoms with Crippen molar-refractivity contribution in [2.45, 2.75) is 39.7 Å². The standard InChI is InChI=1S/C14H20N2/c1-10-8-11(2)14(12(3)9-10)16-7-6-15-13-4-5-13/h6-9,13,15-16H,4-5H2,1-3H3/b7-6-. The van der Waals surface area contributed by atoms with Crippen LogP contribution >= 0.6 is 0 Å². The highest BCUT2D eigenvalue weighted by atomic mass is 14.9. The van der Waals surface area contributed by atoms with Gasteiger partial charge in [0, 0.05) is 24.1 Å². The van der Waals surface area contributed by atoms with Gasteiger partial charge in [0.1, 0.15) is 0 Å². The van der Waals surface area contributed by atoms with E-state index in [1.807, 2.05) is 12.4 Å². The number of hydrogen-bond donors (Lipinski definition) is 2. The van der Waals surface area contributed by atoms with Crippen LogP contribution in [0.2, 0.25) is 0 Å². The fourth-order valence-corrected chi connectivity index (χ4v) is 1.97. The van der Waals surface area contributed by atoms with Gasteiger partial charge in [-0.3, -0.25) is 0 Å². The Balaban J connectivity index is 1.99. The minimum atomic E-state index is 0.721. The van der Waals surface area contributed by atoms with Crippen LogP contribution in [0.25, 0.3) is 0 Å². The van der Waals surface area contributed by atoms with Gasteiger partial charge in [-0.25, -0.2) is 0 Å². The van der Waals surface area contributed by atoms with Crippen molar-refractivity contribution in [2.75, 3.05) is 5.32 Å². The Labute approximate surface area is 97.8 Å². The molecule has 0 heterocycles. The normalized spacial score (nSPS) is 15.4. The minimum absolute atomic E-state index is 0.721. The topological polar surface area (TPSA) is 24.1 Å². The molecule has 86 valence electrons. The largest absolute Gasteiger partial charge is 0.387 e. The van der Waals surface area contributed by atoms with E-state index in [1.165, 1.54) is 35.2 Å². The predicted molar refractivity (Wildman–Crippen MR) is 69.6 cm³/mol. The quantitative estimate of drug-likeness (QED) is 0.807. The average molecular weight is 216 g/mol. The predicted octanol–water partition coefficient (Wildman–Crippen LogP) is 3.25. The van der Waals surface area contributed by atoms with Crippen LogP contribution in [0, 0.1) is 20.8 Å². The summed E-state index contributed by atoms with van der Waals surface area (Å²) in [6, 6.07) is 5.13. The van der Waals surface area contributed by atoms with E-state index in [0.717, 1.165) is 6.04 Å². The molecule has 0 aliphatic heterocycles. The van der Waals surface area contributed by atoms with Crippen LogP contribution in [0.1, 0.15) is 29.5 Å². The number of aryl methyl sites for hydroxylation is 3. The van der Waals surface area contributed by atoms with Crippen LogP contribution in [0.4, 0.5) is 5.69 Å². The second-order valence-electron chi connectivity index (χ2n) is 4.69. The molecular formula is C14H20N2. The van der Waals surface area contributed by atoms with Crippen molar-refractivity contribution in [3.63, 3.8) is 0 Å². The Bertz CT molecular complexity index is 380. The second kappa shape index (κ2) is 4.60. The molecule has 0 amide bonds. The van der Waals surface area contributed by atoms with Gasteiger partial charge in [-0.05, 0) is 44.7 Å². The number of benzene rings is 1. The van der Waals surface area contributed by atoms with E-state index in [-0.39, 0.29) is 0 Å². The molecule has 2 nitrogen and oxygen atoms in total. The molecule has 1 aromatic rings. The van der Waals surface area contributed by atoms with Crippen molar-refractivity contribution >= 4 is 5.69 Å². The maximum Gasteiger partial charge on any atom is 0.0439 e. The Morgan fingerprint density at radius 2 is 1.69 bits per heavy atom. The first-order chi connectivity index (χ1) is 7.66. The van der Waals surface area contributed by atoms with Crippen LogP contribution in [0.3, 0.4) is 0 Å². The SMILES string of the molecule is Cc1cc(C)c(N/C=C\NC2CC2)c(C)c1. The Kier molecular flexibility index (Phi) is 3.18. The summed E-state index contributed by atoms with van der Waals surface area (Å²) in [5.74, 6) is 0. The van der Waals surface area contributed by atoms with Gasteiger partial charge in [0.15, 0.2) is 0 Å². The fourth-order valence-electron chi connectivity index (χ4n) is 1.97. The lowest BCUT2D eigenvalue weighted by Gasteiger charge is -2.10. The van der Waals surface area contributed by atoms with Gasteiger partial charge in [0.25, 0.3) is 0 Å². The highest BCUT2D eigenvalue weighted by Crippen LogP contribution is 2.22. The summed E-state index contributed by atoms with van der Waals surface area (Å²) in [7, 11) is 0. The van der Waals surface area contributed by atoms with Crippen LogP contribution in [-0.2, 0) is 0 Å². The lowest BCUT2D eigenvalue weighted by Crippen LogP contribution is -2.07. The second-order valence-corrected chi connectivity index (χ2v) is 4.69. The van der Waals surface area contributed by atoms with Crippen molar-refractivity contribution in [2.24, 2.45) is 0 Å². The van der Waals surface area contributed by atoms with Gasteiger partial charge in [0.2, 0.25) is 0 Å². The zero-order valence-corrected chi connectivity index (χ0v) is 10.3. The van der Waals surface area contributed by atoms with Crippen LogP contribution in [0.15, 0.2) is 24.5 Å². The van der Waals surface area contributed by atoms with E-state index in [9.17, 15) is 0 Å². The first kappa shape index (κ1) is 11.1. The van der Waals surface area contributed by atoms with E-state index in [4.69, 9.17) is 0 Å². The van der Waals surface area contributed by atoms with Gasteiger partial charge in [-0.1, -0.05) is 17.7 Å². The van der Waals surface area contributed by atoms with Crippen molar-refractivity contribution in [3.8, 4) is 0 Å². The van der Waals surface area contributed by atoms with Crippen LogP contribution in [-0.4, -0.2) is 6.04 Å². The molecule has 2 N–H and O–H groups in total. The van der Waals surface area contributed by atoms with Crippen molar-refractivity contribution in [3.05, 3.63) is 41.2 Å². The third-order valence-electron chi connectivity index (χ3n) is 2.90. The lowest BCUT2D eigenvalue weighted by molar-refractivity contribution is 0.861. The first-order valence-corrected chi connectivity index (χ1v) is 5.92. The monoisotopic (exact) mass is 216 g/mol. The zero-order chi connectivity index (χ0) is 11.5. The van der Waals surface area contributed by atoms with E-state index < -0.39 is 0 Å². The molecule has 2 heteroatoms. The molecular weight excluding hydrogens is 196 g/mol. The van der Waals surface area contributed by atoms with Crippen molar-refractivity contribution < 1.29 is 0 Å². The zero-order valence-electron chi connectivity index (χ0n) is 10.3.